The van der Waals surface area contributed by atoms with Crippen LogP contribution in [0.3, 0.4) is 0 Å². The number of rotatable bonds is 6. The van der Waals surface area contributed by atoms with E-state index in [9.17, 15) is 0 Å². The second kappa shape index (κ2) is 8.96. The molecular formula is C26H39B2N2-. The largest absolute Gasteiger partial charge is 0.404 e. The van der Waals surface area contributed by atoms with Crippen molar-refractivity contribution in [3.05, 3.63) is 71.1 Å². The summed E-state index contributed by atoms with van der Waals surface area (Å²) in [5.74, 6) is 2.06. The lowest BCUT2D eigenvalue weighted by Crippen LogP contribution is -2.46. The highest BCUT2D eigenvalue weighted by molar-refractivity contribution is 7.08. The fourth-order valence-electron chi connectivity index (χ4n) is 4.24. The first-order chi connectivity index (χ1) is 14.1. The van der Waals surface area contributed by atoms with Crippen LogP contribution in [-0.4, -0.2) is 14.6 Å². The minimum atomic E-state index is 0.0272. The molecular weight excluding hydrogens is 362 g/mol. The monoisotopic (exact) mass is 401 g/mol. The molecule has 1 heterocycles. The smallest absolute Gasteiger partial charge is 0.185 e. The van der Waals surface area contributed by atoms with Crippen molar-refractivity contribution in [1.29, 1.82) is 0 Å². The molecule has 0 fully saturated rings. The SMILES string of the molecule is [BH3-]B1N(c2c(C(C)C)cccc2C(C)C)C=CN1c1c(C(C)C)cccc1C(C)C. The summed E-state index contributed by atoms with van der Waals surface area (Å²) in [5.41, 5.74) is 8.79. The molecule has 1 aliphatic heterocycles. The molecule has 160 valence electrons. The summed E-state index contributed by atoms with van der Waals surface area (Å²) in [5, 5.41) is 0. The van der Waals surface area contributed by atoms with Crippen LogP contribution in [0.25, 0.3) is 0 Å². The Kier molecular flexibility index (Phi) is 6.75. The third-order valence-electron chi connectivity index (χ3n) is 5.84. The van der Waals surface area contributed by atoms with E-state index in [1.165, 1.54) is 33.6 Å². The van der Waals surface area contributed by atoms with E-state index in [4.69, 9.17) is 0 Å². The van der Waals surface area contributed by atoms with Gasteiger partial charge in [-0.1, -0.05) is 91.8 Å². The Hall–Kier alpha value is -2.09. The number of anilines is 2. The van der Waals surface area contributed by atoms with Crippen molar-refractivity contribution in [2.75, 3.05) is 9.62 Å². The first kappa shape index (κ1) is 22.6. The van der Waals surface area contributed by atoms with Crippen molar-refractivity contribution in [3.63, 3.8) is 0 Å². The molecule has 30 heavy (non-hydrogen) atoms. The maximum Gasteiger partial charge on any atom is 0.185 e. The first-order valence-electron chi connectivity index (χ1n) is 11.1. The Morgan fingerprint density at radius 2 is 0.833 bits per heavy atom. The second-order valence-corrected chi connectivity index (χ2v) is 9.42. The van der Waals surface area contributed by atoms with Gasteiger partial charge >= 0.3 is 0 Å². The normalized spacial score (nSPS) is 14.4. The van der Waals surface area contributed by atoms with Gasteiger partial charge in [-0.25, -0.2) is 0 Å². The molecule has 0 aromatic heterocycles. The molecule has 0 bridgehead atoms. The molecule has 0 amide bonds. The Balaban J connectivity index is 2.12. The van der Waals surface area contributed by atoms with Gasteiger partial charge in [0.1, 0.15) is 0 Å². The Morgan fingerprint density at radius 1 is 0.567 bits per heavy atom. The van der Waals surface area contributed by atoms with Crippen molar-refractivity contribution in [2.24, 2.45) is 0 Å². The van der Waals surface area contributed by atoms with Gasteiger partial charge in [0, 0.05) is 23.8 Å². The molecule has 0 saturated carbocycles. The van der Waals surface area contributed by atoms with Crippen LogP contribution in [0.1, 0.15) is 101 Å². The molecule has 2 nitrogen and oxygen atoms in total. The number of para-hydroxylation sites is 2. The summed E-state index contributed by atoms with van der Waals surface area (Å²) in [7, 11) is 0.0272. The van der Waals surface area contributed by atoms with E-state index in [0.29, 0.717) is 30.5 Å². The topological polar surface area (TPSA) is 6.48 Å². The standard InChI is InChI=1S/C26H39B2N2/c1-17(2)21-11-9-12-22(18(3)4)25(21)29-15-16-30(28(29)27)26-23(19(5)6)13-10-14-24(26)20(7)8/h9-20H,1-8,27H3/q-1. The van der Waals surface area contributed by atoms with E-state index in [0.717, 1.165) is 0 Å². The van der Waals surface area contributed by atoms with Crippen LogP contribution in [0, 0.1) is 0 Å². The zero-order valence-electron chi connectivity index (χ0n) is 19.4. The maximum atomic E-state index is 2.60. The van der Waals surface area contributed by atoms with Crippen molar-refractivity contribution < 1.29 is 0 Å². The molecule has 0 atom stereocenters. The highest BCUT2D eigenvalue weighted by Crippen LogP contribution is 2.41. The van der Waals surface area contributed by atoms with E-state index in [2.05, 4.69) is 114 Å². The molecule has 3 rings (SSSR count). The summed E-state index contributed by atoms with van der Waals surface area (Å²) in [6.45, 7) is 19.1. The number of benzene rings is 2. The molecule has 0 spiro atoms. The van der Waals surface area contributed by atoms with Gasteiger partial charge in [0.05, 0.1) is 0 Å². The number of nitrogens with zero attached hydrogens (tertiary/aromatic N) is 2. The fraction of sp³-hybridized carbons (Fsp3) is 0.462. The Morgan fingerprint density at radius 3 is 1.07 bits per heavy atom. The summed E-state index contributed by atoms with van der Waals surface area (Å²) in [6.07, 6.45) is 4.71. The first-order valence-corrected chi connectivity index (χ1v) is 11.1. The van der Waals surface area contributed by atoms with E-state index in [1.54, 1.807) is 0 Å². The van der Waals surface area contributed by atoms with Gasteiger partial charge in [-0.2, -0.15) is 0 Å². The van der Waals surface area contributed by atoms with Crippen LogP contribution in [0.2, 0.25) is 0 Å². The quantitative estimate of drug-likeness (QED) is 0.522. The van der Waals surface area contributed by atoms with Gasteiger partial charge in [0.15, 0.2) is 6.87 Å². The third kappa shape index (κ3) is 4.06. The molecule has 0 N–H and O–H groups in total. The molecule has 0 aliphatic carbocycles. The molecule has 0 saturated heterocycles. The van der Waals surface area contributed by atoms with E-state index in [1.807, 2.05) is 0 Å². The van der Waals surface area contributed by atoms with Gasteiger partial charge in [-0.3, -0.25) is 0 Å². The lowest BCUT2D eigenvalue weighted by molar-refractivity contribution is 0.832. The highest BCUT2D eigenvalue weighted by Gasteiger charge is 2.30. The van der Waals surface area contributed by atoms with Crippen LogP contribution in [0.4, 0.5) is 11.4 Å². The summed E-state index contributed by atoms with van der Waals surface area (Å²) < 4.78 is 0. The highest BCUT2D eigenvalue weighted by atomic mass is 15.3. The predicted octanol–water partition coefficient (Wildman–Crippen LogP) is 6.33. The van der Waals surface area contributed by atoms with E-state index < -0.39 is 0 Å². The van der Waals surface area contributed by atoms with Crippen molar-refractivity contribution in [2.45, 2.75) is 79.1 Å². The third-order valence-corrected chi connectivity index (χ3v) is 5.84. The van der Waals surface area contributed by atoms with Crippen molar-refractivity contribution >= 4 is 26.0 Å². The van der Waals surface area contributed by atoms with Crippen LogP contribution >= 0.6 is 0 Å². The van der Waals surface area contributed by atoms with Gasteiger partial charge in [-0.05, 0) is 53.7 Å². The summed E-state index contributed by atoms with van der Waals surface area (Å²) in [6, 6.07) is 13.8. The average Bonchev–Trinajstić information content (AvgIpc) is 3.07. The second-order valence-electron chi connectivity index (χ2n) is 9.42. The van der Waals surface area contributed by atoms with Crippen LogP contribution in [0.5, 0.6) is 0 Å². The van der Waals surface area contributed by atoms with Crippen LogP contribution in [0.15, 0.2) is 48.8 Å². The molecule has 4 heteroatoms. The van der Waals surface area contributed by atoms with E-state index >= 15 is 0 Å². The molecule has 2 aromatic rings. The minimum absolute atomic E-state index is 0.0272. The van der Waals surface area contributed by atoms with Gasteiger partial charge in [-0.15, -0.1) is 0 Å². The molecule has 1 aliphatic rings. The zero-order valence-corrected chi connectivity index (χ0v) is 19.4. The lowest BCUT2D eigenvalue weighted by Gasteiger charge is -2.38. The summed E-state index contributed by atoms with van der Waals surface area (Å²) >= 11 is 0. The Bertz CT molecular complexity index is 789. The minimum Gasteiger partial charge on any atom is -0.404 e. The van der Waals surface area contributed by atoms with Gasteiger partial charge in [0.2, 0.25) is 0 Å². The lowest BCUT2D eigenvalue weighted by atomic mass is 9.50. The average molecular weight is 401 g/mol. The van der Waals surface area contributed by atoms with Gasteiger partial charge in [0.25, 0.3) is 0 Å². The number of hydrogen-bond donors (Lipinski definition) is 0. The predicted molar refractivity (Wildman–Crippen MR) is 139 cm³/mol. The van der Waals surface area contributed by atoms with Crippen LogP contribution < -0.4 is 9.62 Å². The summed E-state index contributed by atoms with van der Waals surface area (Å²) in [4.78, 5) is 5.21. The van der Waals surface area contributed by atoms with E-state index in [-0.39, 0.29) is 7.74 Å². The molecule has 0 radical (unpaired) electrons. The van der Waals surface area contributed by atoms with Crippen LogP contribution in [-0.2, 0) is 0 Å². The Labute approximate surface area is 185 Å². The molecule has 0 unspecified atom stereocenters. The van der Waals surface area contributed by atoms with Crippen molar-refractivity contribution in [3.8, 4) is 0 Å². The van der Waals surface area contributed by atoms with Crippen molar-refractivity contribution in [1.82, 2.24) is 0 Å². The fourth-order valence-corrected chi connectivity index (χ4v) is 4.24. The number of hydrogen-bond acceptors (Lipinski definition) is 2. The molecule has 2 aromatic carbocycles. The maximum absolute atomic E-state index is 2.60. The zero-order chi connectivity index (χ0) is 22.2. The van der Waals surface area contributed by atoms with Gasteiger partial charge < -0.3 is 9.62 Å².